The Morgan fingerprint density at radius 3 is 2.47 bits per heavy atom. The van der Waals surface area contributed by atoms with Crippen LogP contribution in [0.25, 0.3) is 0 Å². The molecular formula is C20H18N4O6. The summed E-state index contributed by atoms with van der Waals surface area (Å²) in [6.45, 7) is 0.0302. The molecule has 1 spiro atoms. The van der Waals surface area contributed by atoms with Gasteiger partial charge in [-0.2, -0.15) is 0 Å². The molecule has 10 nitrogen and oxygen atoms in total. The Hall–Kier alpha value is -3.95. The number of nitro benzene ring substituents is 1. The minimum Gasteiger partial charge on any atom is -0.497 e. The fraction of sp³-hybridized carbons (Fsp3) is 0.250. The van der Waals surface area contributed by atoms with Crippen molar-refractivity contribution in [3.8, 4) is 5.75 Å². The second-order valence-electron chi connectivity index (χ2n) is 7.28. The van der Waals surface area contributed by atoms with Gasteiger partial charge in [0.1, 0.15) is 5.75 Å². The van der Waals surface area contributed by atoms with Crippen LogP contribution in [0.15, 0.2) is 42.5 Å². The molecule has 4 amide bonds. The van der Waals surface area contributed by atoms with Gasteiger partial charge in [-0.1, -0.05) is 0 Å². The van der Waals surface area contributed by atoms with Crippen LogP contribution in [0.5, 0.6) is 5.75 Å². The molecule has 2 aliphatic rings. The molecule has 1 N–H and O–H groups in total. The van der Waals surface area contributed by atoms with Crippen LogP contribution >= 0.6 is 0 Å². The lowest BCUT2D eigenvalue weighted by molar-refractivity contribution is -0.384. The third-order valence-electron chi connectivity index (χ3n) is 5.49. The van der Waals surface area contributed by atoms with E-state index in [9.17, 15) is 24.5 Å². The highest BCUT2D eigenvalue weighted by Crippen LogP contribution is 2.41. The summed E-state index contributed by atoms with van der Waals surface area (Å²) in [6.07, 6.45) is -0.0566. The zero-order chi connectivity index (χ0) is 21.6. The average Bonchev–Trinajstić information content (AvgIpc) is 2.72. The number of barbiturate groups is 1. The molecule has 0 saturated carbocycles. The van der Waals surface area contributed by atoms with Gasteiger partial charge < -0.3 is 9.64 Å². The van der Waals surface area contributed by atoms with Crippen LogP contribution in [-0.4, -0.2) is 43.5 Å². The molecule has 2 aromatic carbocycles. The minimum atomic E-state index is -1.59. The lowest BCUT2D eigenvalue weighted by Gasteiger charge is -2.45. The molecule has 2 aromatic rings. The van der Waals surface area contributed by atoms with Gasteiger partial charge in [0.05, 0.1) is 17.7 Å². The van der Waals surface area contributed by atoms with Crippen LogP contribution in [-0.2, 0) is 16.0 Å². The molecule has 0 aromatic heterocycles. The number of methoxy groups -OCH3 is 1. The van der Waals surface area contributed by atoms with Gasteiger partial charge in [-0.3, -0.25) is 25.0 Å². The number of nitrogens with one attached hydrogen (secondary N) is 1. The number of benzene rings is 2. The number of nitrogens with zero attached hydrogens (tertiary/aromatic N) is 3. The van der Waals surface area contributed by atoms with Crippen molar-refractivity contribution in [2.75, 3.05) is 30.5 Å². The second kappa shape index (κ2) is 6.83. The highest BCUT2D eigenvalue weighted by Gasteiger charge is 2.56. The molecule has 0 bridgehead atoms. The first-order valence-electron chi connectivity index (χ1n) is 9.09. The van der Waals surface area contributed by atoms with Crippen molar-refractivity contribution < 1.29 is 24.0 Å². The summed E-state index contributed by atoms with van der Waals surface area (Å²) in [5, 5.41) is 13.5. The average molecular weight is 410 g/mol. The Balaban J connectivity index is 1.77. The van der Waals surface area contributed by atoms with E-state index in [0.717, 1.165) is 4.90 Å². The number of non-ortho nitro benzene ring substituents is 1. The summed E-state index contributed by atoms with van der Waals surface area (Å²) < 4.78 is 5.10. The summed E-state index contributed by atoms with van der Waals surface area (Å²) in [6, 6.07) is 9.79. The van der Waals surface area contributed by atoms with E-state index in [2.05, 4.69) is 5.32 Å². The number of urea groups is 1. The van der Waals surface area contributed by atoms with Crippen molar-refractivity contribution in [3.05, 3.63) is 58.1 Å². The van der Waals surface area contributed by atoms with Crippen LogP contribution in [0, 0.1) is 15.5 Å². The molecule has 154 valence electrons. The lowest BCUT2D eigenvalue weighted by atomic mass is 9.74. The van der Waals surface area contributed by atoms with Gasteiger partial charge in [-0.15, -0.1) is 0 Å². The number of hydrogen-bond donors (Lipinski definition) is 1. The number of hydrogen-bond acceptors (Lipinski definition) is 7. The SMILES string of the molecule is COc1ccc(N2C(=O)NC(=O)[C@]3(Cc4cc([N+](=O)[O-])ccc4N(C)C3)C2=O)cc1. The van der Waals surface area contributed by atoms with Gasteiger partial charge in [0.2, 0.25) is 5.91 Å². The van der Waals surface area contributed by atoms with Gasteiger partial charge in [0.25, 0.3) is 11.6 Å². The summed E-state index contributed by atoms with van der Waals surface area (Å²) in [5.41, 5.74) is -0.251. The van der Waals surface area contributed by atoms with Crippen molar-refractivity contribution in [2.45, 2.75) is 6.42 Å². The van der Waals surface area contributed by atoms with E-state index in [1.54, 1.807) is 42.3 Å². The number of amides is 4. The van der Waals surface area contributed by atoms with E-state index in [0.29, 0.717) is 17.0 Å². The third kappa shape index (κ3) is 2.84. The smallest absolute Gasteiger partial charge is 0.335 e. The Morgan fingerprint density at radius 2 is 1.83 bits per heavy atom. The topological polar surface area (TPSA) is 122 Å². The molecule has 1 saturated heterocycles. The zero-order valence-electron chi connectivity index (χ0n) is 16.2. The number of fused-ring (bicyclic) bond motifs is 1. The molecule has 10 heteroatoms. The van der Waals surface area contributed by atoms with Crippen LogP contribution in [0.1, 0.15) is 5.56 Å². The van der Waals surface area contributed by atoms with Crippen molar-refractivity contribution in [1.82, 2.24) is 5.32 Å². The zero-order valence-corrected chi connectivity index (χ0v) is 16.2. The Kier molecular flexibility index (Phi) is 4.41. The standard InChI is InChI=1S/C20H18N4O6/c1-22-11-20(10-12-9-14(24(28)29)5-8-16(12)22)17(25)21-19(27)23(18(20)26)13-3-6-15(30-2)7-4-13/h3-9H,10-11H2,1-2H3,(H,21,25,27)/t20-/m1/s1. The minimum absolute atomic E-state index is 0.0302. The summed E-state index contributed by atoms with van der Waals surface area (Å²) in [7, 11) is 3.19. The molecule has 0 radical (unpaired) electrons. The van der Waals surface area contributed by atoms with Crippen molar-refractivity contribution >= 4 is 34.9 Å². The van der Waals surface area contributed by atoms with Gasteiger partial charge in [-0.25, -0.2) is 9.69 Å². The summed E-state index contributed by atoms with van der Waals surface area (Å²) in [5.74, 6) is -0.843. The first kappa shape index (κ1) is 19.4. The monoisotopic (exact) mass is 410 g/mol. The number of imide groups is 2. The lowest BCUT2D eigenvalue weighted by Crippen LogP contribution is -2.68. The molecule has 30 heavy (non-hydrogen) atoms. The van der Waals surface area contributed by atoms with E-state index in [-0.39, 0.29) is 24.3 Å². The van der Waals surface area contributed by atoms with Gasteiger partial charge in [0.15, 0.2) is 5.41 Å². The molecule has 0 aliphatic carbocycles. The van der Waals surface area contributed by atoms with E-state index >= 15 is 0 Å². The van der Waals surface area contributed by atoms with Crippen LogP contribution in [0.2, 0.25) is 0 Å². The largest absolute Gasteiger partial charge is 0.497 e. The van der Waals surface area contributed by atoms with Crippen LogP contribution in [0.4, 0.5) is 21.9 Å². The highest BCUT2D eigenvalue weighted by atomic mass is 16.6. The molecule has 1 atom stereocenters. The molecule has 2 heterocycles. The van der Waals surface area contributed by atoms with Crippen molar-refractivity contribution in [3.63, 3.8) is 0 Å². The predicted octanol–water partition coefficient (Wildman–Crippen LogP) is 1.87. The van der Waals surface area contributed by atoms with Crippen molar-refractivity contribution in [1.29, 1.82) is 0 Å². The molecule has 0 unspecified atom stereocenters. The Bertz CT molecular complexity index is 1080. The van der Waals surface area contributed by atoms with Crippen LogP contribution < -0.4 is 19.9 Å². The predicted molar refractivity (Wildman–Crippen MR) is 107 cm³/mol. The number of anilines is 2. The first-order valence-corrected chi connectivity index (χ1v) is 9.09. The third-order valence-corrected chi connectivity index (χ3v) is 5.49. The first-order chi connectivity index (χ1) is 14.3. The molecule has 1 fully saturated rings. The summed E-state index contributed by atoms with van der Waals surface area (Å²) >= 11 is 0. The Morgan fingerprint density at radius 1 is 1.13 bits per heavy atom. The summed E-state index contributed by atoms with van der Waals surface area (Å²) in [4.78, 5) is 52.2. The Labute approximate surface area is 171 Å². The van der Waals surface area contributed by atoms with Crippen molar-refractivity contribution in [2.24, 2.45) is 5.41 Å². The molecular weight excluding hydrogens is 392 g/mol. The van der Waals surface area contributed by atoms with E-state index in [4.69, 9.17) is 4.74 Å². The second-order valence-corrected chi connectivity index (χ2v) is 7.28. The number of ether oxygens (including phenoxy) is 1. The maximum Gasteiger partial charge on any atom is 0.335 e. The maximum absolute atomic E-state index is 13.5. The van der Waals surface area contributed by atoms with E-state index in [1.807, 2.05) is 0 Å². The number of rotatable bonds is 3. The van der Waals surface area contributed by atoms with Crippen LogP contribution in [0.3, 0.4) is 0 Å². The van der Waals surface area contributed by atoms with E-state index < -0.39 is 28.2 Å². The number of nitro groups is 1. The molecule has 2 aliphatic heterocycles. The number of carbonyl (C=O) groups is 3. The quantitative estimate of drug-likeness (QED) is 0.466. The molecule has 4 rings (SSSR count). The fourth-order valence-corrected chi connectivity index (χ4v) is 4.01. The maximum atomic E-state index is 13.5. The number of carbonyl (C=O) groups excluding carboxylic acids is 3. The van der Waals surface area contributed by atoms with E-state index in [1.165, 1.54) is 19.2 Å². The highest BCUT2D eigenvalue weighted by molar-refractivity contribution is 6.30. The fourth-order valence-electron chi connectivity index (χ4n) is 4.01. The normalized spacial score (nSPS) is 20.8. The van der Waals surface area contributed by atoms with Gasteiger partial charge in [-0.05, 0) is 42.3 Å². The van der Waals surface area contributed by atoms with Gasteiger partial charge >= 0.3 is 6.03 Å². The van der Waals surface area contributed by atoms with Gasteiger partial charge in [0, 0.05) is 31.4 Å².